The molecule has 0 aromatic heterocycles. The molecule has 1 aliphatic rings. The third-order valence-corrected chi connectivity index (χ3v) is 5.71. The average molecular weight is 412 g/mol. The molecule has 0 unspecified atom stereocenters. The number of hydrogen-bond acceptors (Lipinski definition) is 5. The Hall–Kier alpha value is -2.57. The van der Waals surface area contributed by atoms with Crippen molar-refractivity contribution in [3.05, 3.63) is 64.6 Å². The molecule has 0 radical (unpaired) electrons. The second-order valence-electron chi connectivity index (χ2n) is 6.93. The topological polar surface area (TPSA) is 66.8 Å². The van der Waals surface area contributed by atoms with Gasteiger partial charge in [0.2, 0.25) is 0 Å². The van der Waals surface area contributed by atoms with E-state index < -0.39 is 0 Å². The molecular formula is C23H25NO4S. The van der Waals surface area contributed by atoms with Crippen molar-refractivity contribution in [3.63, 3.8) is 0 Å². The fraction of sp³-hybridized carbons (Fsp3) is 0.304. The first-order valence-electron chi connectivity index (χ1n) is 9.67. The molecule has 1 heterocycles. The number of imide groups is 1. The maximum atomic E-state index is 13.3. The summed E-state index contributed by atoms with van der Waals surface area (Å²) in [6, 6.07) is 14.6. The molecule has 2 aromatic carbocycles. The summed E-state index contributed by atoms with van der Waals surface area (Å²) >= 11 is 1.21. The standard InChI is InChI=1S/C23H25NO4S/c1-4-28-19-11-7-17(8-12-19)20-21(29-14-13-25)23(27)24(22(20)26)18-9-5-16(6-10-18)15(2)3/h5-12,15,25H,4,13-14H2,1-3H3. The van der Waals surface area contributed by atoms with Crippen molar-refractivity contribution in [1.82, 2.24) is 0 Å². The van der Waals surface area contributed by atoms with Gasteiger partial charge in [0.1, 0.15) is 5.75 Å². The van der Waals surface area contributed by atoms with Crippen LogP contribution in [0.2, 0.25) is 0 Å². The zero-order chi connectivity index (χ0) is 21.0. The Morgan fingerprint density at radius 3 is 2.21 bits per heavy atom. The molecule has 1 N–H and O–H groups in total. The van der Waals surface area contributed by atoms with Crippen LogP contribution < -0.4 is 9.64 Å². The molecule has 0 bridgehead atoms. The Kier molecular flexibility index (Phi) is 6.77. The predicted octanol–water partition coefficient (Wildman–Crippen LogP) is 4.22. The van der Waals surface area contributed by atoms with Gasteiger partial charge in [0.05, 0.1) is 29.4 Å². The number of benzene rings is 2. The van der Waals surface area contributed by atoms with Crippen molar-refractivity contribution >= 4 is 34.8 Å². The van der Waals surface area contributed by atoms with Gasteiger partial charge < -0.3 is 9.84 Å². The van der Waals surface area contributed by atoms with Gasteiger partial charge in [-0.3, -0.25) is 9.59 Å². The number of nitrogens with zero attached hydrogens (tertiary/aromatic N) is 1. The Balaban J connectivity index is 1.98. The second-order valence-corrected chi connectivity index (χ2v) is 8.03. The van der Waals surface area contributed by atoms with E-state index in [0.717, 1.165) is 5.56 Å². The van der Waals surface area contributed by atoms with Gasteiger partial charge in [0, 0.05) is 5.75 Å². The van der Waals surface area contributed by atoms with E-state index in [2.05, 4.69) is 13.8 Å². The van der Waals surface area contributed by atoms with Crippen LogP contribution in [0.3, 0.4) is 0 Å². The lowest BCUT2D eigenvalue weighted by Gasteiger charge is -2.16. The Morgan fingerprint density at radius 2 is 1.66 bits per heavy atom. The van der Waals surface area contributed by atoms with Gasteiger partial charge in [-0.1, -0.05) is 38.1 Å². The molecule has 29 heavy (non-hydrogen) atoms. The summed E-state index contributed by atoms with van der Waals surface area (Å²) in [6.45, 7) is 6.57. The fourth-order valence-electron chi connectivity index (χ4n) is 3.17. The molecule has 0 atom stereocenters. The SMILES string of the molecule is CCOc1ccc(C2=C(SCCO)C(=O)N(c3ccc(C(C)C)cc3)C2=O)cc1. The highest BCUT2D eigenvalue weighted by molar-refractivity contribution is 8.04. The first-order valence-corrected chi connectivity index (χ1v) is 10.7. The summed E-state index contributed by atoms with van der Waals surface area (Å²) in [4.78, 5) is 28.0. The summed E-state index contributed by atoms with van der Waals surface area (Å²) in [7, 11) is 0. The summed E-state index contributed by atoms with van der Waals surface area (Å²) in [5, 5.41) is 9.23. The van der Waals surface area contributed by atoms with Gasteiger partial charge in [-0.05, 0) is 48.2 Å². The first kappa shape index (κ1) is 21.1. The quantitative estimate of drug-likeness (QED) is 0.659. The number of carbonyl (C=O) groups is 2. The van der Waals surface area contributed by atoms with E-state index in [0.29, 0.717) is 45.8 Å². The zero-order valence-electron chi connectivity index (χ0n) is 16.8. The van der Waals surface area contributed by atoms with Crippen molar-refractivity contribution < 1.29 is 19.4 Å². The van der Waals surface area contributed by atoms with Crippen LogP contribution in [-0.4, -0.2) is 35.9 Å². The average Bonchev–Trinajstić information content (AvgIpc) is 2.97. The molecule has 152 valence electrons. The third-order valence-electron chi connectivity index (χ3n) is 4.65. The van der Waals surface area contributed by atoms with Crippen molar-refractivity contribution in [1.29, 1.82) is 0 Å². The van der Waals surface area contributed by atoms with Gasteiger partial charge in [-0.25, -0.2) is 4.90 Å². The van der Waals surface area contributed by atoms with Crippen LogP contribution in [0.15, 0.2) is 53.4 Å². The van der Waals surface area contributed by atoms with Crippen LogP contribution in [0.4, 0.5) is 5.69 Å². The van der Waals surface area contributed by atoms with E-state index in [-0.39, 0.29) is 18.4 Å². The van der Waals surface area contributed by atoms with Crippen molar-refractivity contribution in [2.24, 2.45) is 0 Å². The minimum Gasteiger partial charge on any atom is -0.494 e. The summed E-state index contributed by atoms with van der Waals surface area (Å²) in [5.74, 6) is 0.711. The molecule has 0 fully saturated rings. The number of thioether (sulfide) groups is 1. The summed E-state index contributed by atoms with van der Waals surface area (Å²) in [5.41, 5.74) is 2.72. The normalized spacial score (nSPS) is 14.3. The number of rotatable bonds is 8. The molecule has 6 heteroatoms. The molecular weight excluding hydrogens is 386 g/mol. The van der Waals surface area contributed by atoms with E-state index in [1.165, 1.54) is 16.7 Å². The van der Waals surface area contributed by atoms with E-state index in [4.69, 9.17) is 4.74 Å². The molecule has 0 spiro atoms. The van der Waals surface area contributed by atoms with Gasteiger partial charge in [-0.2, -0.15) is 0 Å². The molecule has 0 saturated carbocycles. The number of carbonyl (C=O) groups excluding carboxylic acids is 2. The van der Waals surface area contributed by atoms with Crippen LogP contribution in [0.1, 0.15) is 37.8 Å². The lowest BCUT2D eigenvalue weighted by atomic mass is 10.0. The lowest BCUT2D eigenvalue weighted by molar-refractivity contribution is -0.119. The number of hydrogen-bond donors (Lipinski definition) is 1. The first-order chi connectivity index (χ1) is 14.0. The summed E-state index contributed by atoms with van der Waals surface area (Å²) in [6.07, 6.45) is 0. The minimum absolute atomic E-state index is 0.0741. The largest absolute Gasteiger partial charge is 0.494 e. The van der Waals surface area contributed by atoms with Crippen LogP contribution in [0.5, 0.6) is 5.75 Å². The molecule has 2 amide bonds. The predicted molar refractivity (Wildman–Crippen MR) is 117 cm³/mol. The highest BCUT2D eigenvalue weighted by Crippen LogP contribution is 2.39. The Bertz CT molecular complexity index is 917. The van der Waals surface area contributed by atoms with E-state index >= 15 is 0 Å². The number of anilines is 1. The van der Waals surface area contributed by atoms with E-state index in [1.54, 1.807) is 36.4 Å². The van der Waals surface area contributed by atoms with Crippen LogP contribution >= 0.6 is 11.8 Å². The highest BCUT2D eigenvalue weighted by Gasteiger charge is 2.40. The molecule has 5 nitrogen and oxygen atoms in total. The van der Waals surface area contributed by atoms with Crippen LogP contribution in [0, 0.1) is 0 Å². The maximum absolute atomic E-state index is 13.3. The highest BCUT2D eigenvalue weighted by atomic mass is 32.2. The monoisotopic (exact) mass is 411 g/mol. The van der Waals surface area contributed by atoms with E-state index in [9.17, 15) is 14.7 Å². The zero-order valence-corrected chi connectivity index (χ0v) is 17.7. The Labute approximate surface area is 175 Å². The van der Waals surface area contributed by atoms with Gasteiger partial charge in [0.15, 0.2) is 0 Å². The molecule has 3 rings (SSSR count). The second kappa shape index (κ2) is 9.29. The number of amides is 2. The van der Waals surface area contributed by atoms with Gasteiger partial charge >= 0.3 is 0 Å². The van der Waals surface area contributed by atoms with Gasteiger partial charge in [-0.15, -0.1) is 11.8 Å². The van der Waals surface area contributed by atoms with Gasteiger partial charge in [0.25, 0.3) is 11.8 Å². The smallest absolute Gasteiger partial charge is 0.272 e. The van der Waals surface area contributed by atoms with Crippen molar-refractivity contribution in [2.45, 2.75) is 26.7 Å². The Morgan fingerprint density at radius 1 is 1.00 bits per heavy atom. The lowest BCUT2D eigenvalue weighted by Crippen LogP contribution is -2.31. The van der Waals surface area contributed by atoms with Crippen molar-refractivity contribution in [2.75, 3.05) is 23.9 Å². The number of ether oxygens (including phenoxy) is 1. The number of aliphatic hydroxyl groups is 1. The minimum atomic E-state index is -0.352. The van der Waals surface area contributed by atoms with E-state index in [1.807, 2.05) is 19.1 Å². The molecule has 0 saturated heterocycles. The third kappa shape index (κ3) is 4.38. The fourth-order valence-corrected chi connectivity index (χ4v) is 4.03. The van der Waals surface area contributed by atoms with Crippen molar-refractivity contribution in [3.8, 4) is 5.75 Å². The molecule has 2 aromatic rings. The molecule has 1 aliphatic heterocycles. The maximum Gasteiger partial charge on any atom is 0.272 e. The van der Waals surface area contributed by atoms with Crippen LogP contribution in [0.25, 0.3) is 5.57 Å². The molecule has 0 aliphatic carbocycles. The number of aliphatic hydroxyl groups excluding tert-OH is 1. The summed E-state index contributed by atoms with van der Waals surface area (Å²) < 4.78 is 5.47. The van der Waals surface area contributed by atoms with Crippen LogP contribution in [-0.2, 0) is 9.59 Å².